The van der Waals surface area contributed by atoms with Crippen molar-refractivity contribution >= 4 is 12.0 Å². The lowest BCUT2D eigenvalue weighted by Gasteiger charge is -2.49. The summed E-state index contributed by atoms with van der Waals surface area (Å²) in [5.74, 6) is -0.922. The zero-order valence-corrected chi connectivity index (χ0v) is 12.6. The van der Waals surface area contributed by atoms with Gasteiger partial charge in [-0.05, 0) is 44.1 Å². The van der Waals surface area contributed by atoms with Crippen LogP contribution in [-0.4, -0.2) is 27.9 Å². The number of carbonyl (C=O) groups is 1. The van der Waals surface area contributed by atoms with Gasteiger partial charge in [0.1, 0.15) is 0 Å². The maximum atomic E-state index is 11.4. The topological polar surface area (TPSA) is 62.1 Å². The van der Waals surface area contributed by atoms with Gasteiger partial charge >= 0.3 is 5.97 Å². The van der Waals surface area contributed by atoms with E-state index in [4.69, 9.17) is 4.74 Å². The number of hydrogen-bond donors (Lipinski definition) is 1. The number of carboxylic acid groups (broad SMARTS) is 1. The van der Waals surface area contributed by atoms with Crippen LogP contribution in [0, 0.1) is 6.92 Å². The molecule has 2 bridgehead atoms. The van der Waals surface area contributed by atoms with Crippen LogP contribution in [0.4, 0.5) is 0 Å². The quantitative estimate of drug-likeness (QED) is 0.886. The Morgan fingerprint density at radius 3 is 2.91 bits per heavy atom. The zero-order valence-electron chi connectivity index (χ0n) is 12.6. The number of nitrogens with zero attached hydrogens (tertiary/aromatic N) is 2. The molecule has 1 fully saturated rings. The van der Waals surface area contributed by atoms with Crippen LogP contribution in [0.2, 0.25) is 0 Å². The summed E-state index contributed by atoms with van der Waals surface area (Å²) in [7, 11) is 0. The third kappa shape index (κ3) is 1.57. The molecule has 22 heavy (non-hydrogen) atoms. The molecule has 0 radical (unpaired) electrons. The first-order chi connectivity index (χ1) is 10.4. The van der Waals surface area contributed by atoms with E-state index in [1.165, 1.54) is 5.56 Å². The van der Waals surface area contributed by atoms with E-state index < -0.39 is 11.7 Å². The minimum Gasteiger partial charge on any atom is -0.478 e. The van der Waals surface area contributed by atoms with Crippen LogP contribution in [0.15, 0.2) is 46.2 Å². The fraction of sp³-hybridized carbons (Fsp3) is 0.294. The fourth-order valence-corrected chi connectivity index (χ4v) is 3.45. The van der Waals surface area contributed by atoms with E-state index in [1.807, 2.05) is 43.2 Å². The predicted molar refractivity (Wildman–Crippen MR) is 80.0 cm³/mol. The molecule has 5 nitrogen and oxygen atoms in total. The smallest absolute Gasteiger partial charge is 0.336 e. The molecule has 0 amide bonds. The van der Waals surface area contributed by atoms with E-state index in [-0.39, 0.29) is 6.23 Å². The Balaban J connectivity index is 1.72. The van der Waals surface area contributed by atoms with Crippen LogP contribution in [0.5, 0.6) is 0 Å². The van der Waals surface area contributed by atoms with Crippen LogP contribution in [0.3, 0.4) is 0 Å². The normalized spacial score (nSPS) is 30.0. The lowest BCUT2D eigenvalue weighted by molar-refractivity contribution is -0.270. The molecule has 4 aliphatic rings. The van der Waals surface area contributed by atoms with Crippen molar-refractivity contribution in [3.63, 3.8) is 0 Å². The van der Waals surface area contributed by atoms with Gasteiger partial charge in [-0.2, -0.15) is 0 Å². The van der Waals surface area contributed by atoms with Crippen LogP contribution < -0.4 is 10.6 Å². The minimum absolute atomic E-state index is 0.294. The van der Waals surface area contributed by atoms with Crippen molar-refractivity contribution in [2.45, 2.75) is 32.7 Å². The monoisotopic (exact) mass is 296 g/mol. The molecule has 5 rings (SSSR count). The van der Waals surface area contributed by atoms with E-state index >= 15 is 0 Å². The highest BCUT2D eigenvalue weighted by atomic mass is 16.6. The molecule has 1 aromatic carbocycles. The summed E-state index contributed by atoms with van der Waals surface area (Å²) in [4.78, 5) is 18.0. The summed E-state index contributed by atoms with van der Waals surface area (Å²) in [5, 5.41) is 11.4. The zero-order chi connectivity index (χ0) is 15.6. The van der Waals surface area contributed by atoms with E-state index in [0.717, 1.165) is 21.8 Å². The fourth-order valence-electron chi connectivity index (χ4n) is 3.45. The Morgan fingerprint density at radius 1 is 1.45 bits per heavy atom. The Labute approximate surface area is 127 Å². The van der Waals surface area contributed by atoms with E-state index in [1.54, 1.807) is 6.92 Å². The number of fused-ring (bicyclic) bond motifs is 1. The van der Waals surface area contributed by atoms with E-state index in [2.05, 4.69) is 11.1 Å². The van der Waals surface area contributed by atoms with Crippen LogP contribution in [0.25, 0.3) is 6.08 Å². The average molecular weight is 296 g/mol. The second kappa shape index (κ2) is 4.08. The first-order valence-corrected chi connectivity index (χ1v) is 7.20. The van der Waals surface area contributed by atoms with Gasteiger partial charge in [0, 0.05) is 11.4 Å². The minimum atomic E-state index is -0.922. The summed E-state index contributed by atoms with van der Waals surface area (Å²) in [5.41, 5.74) is 2.20. The first kappa shape index (κ1) is 13.3. The van der Waals surface area contributed by atoms with Gasteiger partial charge in [-0.3, -0.25) is 0 Å². The molecule has 2 unspecified atom stereocenters. The van der Waals surface area contributed by atoms with Crippen molar-refractivity contribution < 1.29 is 14.6 Å². The molecule has 1 N–H and O–H groups in total. The third-order valence-electron chi connectivity index (χ3n) is 4.54. The molecule has 4 heterocycles. The molecule has 5 heteroatoms. The van der Waals surface area contributed by atoms with Gasteiger partial charge < -0.3 is 14.7 Å². The third-order valence-corrected chi connectivity index (χ3v) is 4.54. The second-order valence-corrected chi connectivity index (χ2v) is 6.10. The highest BCUT2D eigenvalue weighted by Gasteiger charge is 2.61. The Bertz CT molecular complexity index is 897. The standard InChI is InChI=1S/C17H16N2O3/c1-9-4-5-11-7-12(18-13(11)6-9)8-19-15-10(2)14(16(20)21)17(19,3)22-15/h4-8,15H,1-3H3,(H,20,21)/b12-8-. The lowest BCUT2D eigenvalue weighted by Crippen LogP contribution is -2.60. The maximum Gasteiger partial charge on any atom is 0.336 e. The van der Waals surface area contributed by atoms with Crippen LogP contribution in [-0.2, 0) is 9.53 Å². The van der Waals surface area contributed by atoms with Crippen molar-refractivity contribution in [1.82, 2.24) is 4.90 Å². The molecule has 0 aromatic heterocycles. The SMILES string of the molecule is CC1=C(C(=O)O)C2(C)OC1N2/C=C1/C=c2ccc(C)cc2=N1. The molecule has 1 aromatic rings. The van der Waals surface area contributed by atoms with E-state index in [9.17, 15) is 9.90 Å². The van der Waals surface area contributed by atoms with Gasteiger partial charge in [-0.25, -0.2) is 9.79 Å². The number of carboxylic acids is 1. The summed E-state index contributed by atoms with van der Waals surface area (Å²) in [6, 6.07) is 6.14. The molecule has 0 spiro atoms. The van der Waals surface area contributed by atoms with Crippen molar-refractivity contribution in [3.8, 4) is 0 Å². The van der Waals surface area contributed by atoms with Crippen molar-refractivity contribution in [2.75, 3.05) is 0 Å². The van der Waals surface area contributed by atoms with Gasteiger partial charge in [-0.15, -0.1) is 0 Å². The first-order valence-electron chi connectivity index (χ1n) is 7.20. The van der Waals surface area contributed by atoms with Crippen molar-refractivity contribution in [1.29, 1.82) is 0 Å². The molecule has 0 saturated carbocycles. The largest absolute Gasteiger partial charge is 0.478 e. The molecule has 2 atom stereocenters. The number of rotatable bonds is 2. The molecule has 4 aliphatic heterocycles. The van der Waals surface area contributed by atoms with Gasteiger partial charge in [0.05, 0.1) is 16.6 Å². The highest BCUT2D eigenvalue weighted by Crippen LogP contribution is 2.51. The summed E-state index contributed by atoms with van der Waals surface area (Å²) < 4.78 is 5.71. The molecule has 1 saturated heterocycles. The Kier molecular flexibility index (Phi) is 2.46. The number of allylic oxidation sites excluding steroid dienone is 1. The Hall–Kier alpha value is -2.40. The van der Waals surface area contributed by atoms with Crippen LogP contribution >= 0.6 is 0 Å². The number of hydrogen-bond acceptors (Lipinski definition) is 4. The molecular weight excluding hydrogens is 280 g/mol. The average Bonchev–Trinajstić information content (AvgIpc) is 3.01. The summed E-state index contributed by atoms with van der Waals surface area (Å²) in [6.07, 6.45) is 3.60. The number of aryl methyl sites for hydroxylation is 1. The molecule has 0 aliphatic carbocycles. The highest BCUT2D eigenvalue weighted by molar-refractivity contribution is 5.91. The van der Waals surface area contributed by atoms with Crippen LogP contribution in [0.1, 0.15) is 19.4 Å². The second-order valence-electron chi connectivity index (χ2n) is 6.10. The molecular formula is C17H16N2O3. The van der Waals surface area contributed by atoms with Crippen molar-refractivity contribution in [3.05, 3.63) is 57.4 Å². The van der Waals surface area contributed by atoms with Gasteiger partial charge in [0.2, 0.25) is 0 Å². The molecule has 112 valence electrons. The van der Waals surface area contributed by atoms with Gasteiger partial charge in [-0.1, -0.05) is 12.1 Å². The predicted octanol–water partition coefficient (Wildman–Crippen LogP) is 1.04. The Morgan fingerprint density at radius 2 is 2.23 bits per heavy atom. The maximum absolute atomic E-state index is 11.4. The number of benzene rings is 1. The van der Waals surface area contributed by atoms with Crippen molar-refractivity contribution in [2.24, 2.45) is 4.99 Å². The lowest BCUT2D eigenvalue weighted by atomic mass is 10.1. The van der Waals surface area contributed by atoms with Gasteiger partial charge in [0.25, 0.3) is 0 Å². The number of aliphatic carboxylic acids is 1. The summed E-state index contributed by atoms with van der Waals surface area (Å²) >= 11 is 0. The number of ether oxygens (including phenoxy) is 1. The van der Waals surface area contributed by atoms with E-state index in [0.29, 0.717) is 5.57 Å². The summed E-state index contributed by atoms with van der Waals surface area (Å²) in [6.45, 7) is 5.63. The van der Waals surface area contributed by atoms with Gasteiger partial charge in [0.15, 0.2) is 12.0 Å².